The number of ether oxygens (including phenoxy) is 1. The van der Waals surface area contributed by atoms with Crippen molar-refractivity contribution in [2.45, 2.75) is 18.3 Å². The molecule has 0 aliphatic carbocycles. The van der Waals surface area contributed by atoms with Crippen molar-refractivity contribution in [1.29, 1.82) is 0 Å². The smallest absolute Gasteiger partial charge is 0.130 e. The van der Waals surface area contributed by atoms with Crippen molar-refractivity contribution >= 4 is 0 Å². The van der Waals surface area contributed by atoms with E-state index in [0.29, 0.717) is 11.8 Å². The van der Waals surface area contributed by atoms with Crippen LogP contribution in [0, 0.1) is 0 Å². The van der Waals surface area contributed by atoms with E-state index < -0.39 is 0 Å². The quantitative estimate of drug-likeness (QED) is 0.714. The number of likely N-dealkylation sites (tertiary alicyclic amines) is 1. The molecule has 2 aromatic carbocycles. The first-order valence-corrected chi connectivity index (χ1v) is 7.37. The monoisotopic (exact) mass is 265 g/mol. The third kappa shape index (κ3) is 1.83. The summed E-state index contributed by atoms with van der Waals surface area (Å²) in [7, 11) is 2.22. The van der Waals surface area contributed by atoms with Crippen molar-refractivity contribution < 1.29 is 4.74 Å². The fraction of sp³-hybridized carbons (Fsp3) is 0.333. The van der Waals surface area contributed by atoms with Gasteiger partial charge in [-0.25, -0.2) is 0 Å². The normalized spacial score (nSPS) is 24.9. The van der Waals surface area contributed by atoms with Gasteiger partial charge in [0, 0.05) is 12.5 Å². The first kappa shape index (κ1) is 12.0. The number of hydrogen-bond acceptors (Lipinski definition) is 2. The molecule has 0 spiro atoms. The second-order valence-electron chi connectivity index (χ2n) is 5.94. The van der Waals surface area contributed by atoms with Crippen LogP contribution in [0.4, 0.5) is 0 Å². The van der Waals surface area contributed by atoms with Gasteiger partial charge in [0.25, 0.3) is 0 Å². The average molecular weight is 265 g/mol. The van der Waals surface area contributed by atoms with Crippen LogP contribution in [0.3, 0.4) is 0 Å². The second kappa shape index (κ2) is 4.64. The Labute approximate surface area is 120 Å². The number of hydrogen-bond donors (Lipinski definition) is 0. The predicted molar refractivity (Wildman–Crippen MR) is 80.6 cm³/mol. The molecule has 0 bridgehead atoms. The summed E-state index contributed by atoms with van der Waals surface area (Å²) >= 11 is 0. The molecule has 0 N–H and O–H groups in total. The summed E-state index contributed by atoms with van der Waals surface area (Å²) in [6, 6.07) is 17.1. The number of nitrogens with zero attached hydrogens (tertiary/aromatic N) is 1. The topological polar surface area (TPSA) is 12.5 Å². The maximum absolute atomic E-state index is 6.21. The van der Waals surface area contributed by atoms with Gasteiger partial charge in [0.2, 0.25) is 0 Å². The van der Waals surface area contributed by atoms with Gasteiger partial charge in [0.15, 0.2) is 0 Å². The molecule has 102 valence electrons. The van der Waals surface area contributed by atoms with Crippen LogP contribution in [0.1, 0.15) is 29.4 Å². The molecule has 2 heterocycles. The number of fused-ring (bicyclic) bond motifs is 5. The Morgan fingerprint density at radius 1 is 0.900 bits per heavy atom. The Morgan fingerprint density at radius 2 is 1.50 bits per heavy atom. The van der Waals surface area contributed by atoms with Crippen LogP contribution in [-0.4, -0.2) is 25.0 Å². The number of piperidine rings is 1. The van der Waals surface area contributed by atoms with Gasteiger partial charge in [-0.05, 0) is 49.2 Å². The van der Waals surface area contributed by atoms with Gasteiger partial charge >= 0.3 is 0 Å². The molecular formula is C18H19NO. The minimum Gasteiger partial charge on any atom is -0.457 e. The summed E-state index contributed by atoms with van der Waals surface area (Å²) in [6.07, 6.45) is 1.20. The van der Waals surface area contributed by atoms with Crippen LogP contribution >= 0.6 is 0 Å². The fourth-order valence-electron chi connectivity index (χ4n) is 3.68. The van der Waals surface area contributed by atoms with Crippen molar-refractivity contribution in [2.75, 3.05) is 20.1 Å². The Morgan fingerprint density at radius 3 is 2.20 bits per heavy atom. The highest BCUT2D eigenvalue weighted by molar-refractivity contribution is 5.49. The van der Waals surface area contributed by atoms with Crippen LogP contribution in [0.25, 0.3) is 0 Å². The van der Waals surface area contributed by atoms with Crippen molar-refractivity contribution in [3.63, 3.8) is 0 Å². The molecule has 2 heteroatoms. The van der Waals surface area contributed by atoms with Crippen LogP contribution in [0.2, 0.25) is 0 Å². The molecule has 20 heavy (non-hydrogen) atoms. The van der Waals surface area contributed by atoms with E-state index >= 15 is 0 Å². The Kier molecular flexibility index (Phi) is 2.78. The van der Waals surface area contributed by atoms with Gasteiger partial charge < -0.3 is 9.64 Å². The molecule has 0 unspecified atom stereocenters. The molecule has 0 saturated carbocycles. The summed E-state index contributed by atoms with van der Waals surface area (Å²) in [6.45, 7) is 2.27. The minimum absolute atomic E-state index is 0.536. The lowest BCUT2D eigenvalue weighted by molar-refractivity contribution is 0.228. The largest absolute Gasteiger partial charge is 0.457 e. The highest BCUT2D eigenvalue weighted by Crippen LogP contribution is 2.49. The molecule has 0 radical (unpaired) electrons. The minimum atomic E-state index is 0.536. The van der Waals surface area contributed by atoms with Crippen molar-refractivity contribution in [3.8, 4) is 11.5 Å². The zero-order chi connectivity index (χ0) is 13.5. The lowest BCUT2D eigenvalue weighted by atomic mass is 9.77. The maximum Gasteiger partial charge on any atom is 0.130 e. The maximum atomic E-state index is 6.21. The highest BCUT2D eigenvalue weighted by Gasteiger charge is 2.35. The zero-order valence-corrected chi connectivity index (χ0v) is 11.8. The van der Waals surface area contributed by atoms with Crippen LogP contribution in [0.15, 0.2) is 48.5 Å². The van der Waals surface area contributed by atoms with Gasteiger partial charge in [-0.15, -0.1) is 0 Å². The van der Waals surface area contributed by atoms with Gasteiger partial charge in [-0.3, -0.25) is 0 Å². The van der Waals surface area contributed by atoms with Gasteiger partial charge in [0.05, 0.1) is 0 Å². The molecule has 4 rings (SSSR count). The van der Waals surface area contributed by atoms with Crippen molar-refractivity contribution in [3.05, 3.63) is 59.7 Å². The SMILES string of the molecule is CN1CC[C@@H]2c3ccccc3Oc3ccccc3[C@@H]2C1. The van der Waals surface area contributed by atoms with Crippen LogP contribution in [0.5, 0.6) is 11.5 Å². The predicted octanol–water partition coefficient (Wildman–Crippen LogP) is 4.00. The average Bonchev–Trinajstić information content (AvgIpc) is 2.61. The molecule has 2 atom stereocenters. The van der Waals surface area contributed by atoms with Gasteiger partial charge in [-0.1, -0.05) is 36.4 Å². The van der Waals surface area contributed by atoms with Crippen LogP contribution < -0.4 is 4.74 Å². The van der Waals surface area contributed by atoms with E-state index in [1.807, 2.05) is 0 Å². The van der Waals surface area contributed by atoms with E-state index in [1.165, 1.54) is 17.5 Å². The van der Waals surface area contributed by atoms with Crippen molar-refractivity contribution in [2.24, 2.45) is 0 Å². The van der Waals surface area contributed by atoms with E-state index in [1.54, 1.807) is 0 Å². The number of likely N-dealkylation sites (N-methyl/N-ethyl adjacent to an activating group) is 1. The molecule has 2 aromatic rings. The summed E-state index contributed by atoms with van der Waals surface area (Å²) in [5.41, 5.74) is 2.74. The van der Waals surface area contributed by atoms with Crippen molar-refractivity contribution in [1.82, 2.24) is 4.90 Å². The van der Waals surface area contributed by atoms with E-state index in [0.717, 1.165) is 24.6 Å². The number of benzene rings is 2. The van der Waals surface area contributed by atoms with Gasteiger partial charge in [0.1, 0.15) is 11.5 Å². The first-order valence-electron chi connectivity index (χ1n) is 7.37. The van der Waals surface area contributed by atoms with E-state index in [-0.39, 0.29) is 0 Å². The second-order valence-corrected chi connectivity index (χ2v) is 5.94. The molecular weight excluding hydrogens is 246 g/mol. The van der Waals surface area contributed by atoms with Crippen LogP contribution in [-0.2, 0) is 0 Å². The first-order chi connectivity index (χ1) is 9.83. The molecule has 0 amide bonds. The molecule has 0 aromatic heterocycles. The lowest BCUT2D eigenvalue weighted by Crippen LogP contribution is -2.35. The molecule has 2 nitrogen and oxygen atoms in total. The molecule has 1 saturated heterocycles. The molecule has 2 aliphatic rings. The fourth-order valence-corrected chi connectivity index (χ4v) is 3.68. The Balaban J connectivity index is 1.90. The Bertz CT molecular complexity index is 637. The number of rotatable bonds is 0. The molecule has 1 fully saturated rings. The highest BCUT2D eigenvalue weighted by atomic mass is 16.5. The van der Waals surface area contributed by atoms with E-state index in [4.69, 9.17) is 4.74 Å². The zero-order valence-electron chi connectivity index (χ0n) is 11.8. The van der Waals surface area contributed by atoms with E-state index in [2.05, 4.69) is 60.5 Å². The van der Waals surface area contributed by atoms with E-state index in [9.17, 15) is 0 Å². The standard InChI is InChI=1S/C18H19NO/c1-19-11-10-13-14-6-2-4-8-17(14)20-18-9-5-3-7-15(18)16(13)12-19/h2-9,13,16H,10-12H2,1H3/t13-,16-/m1/s1. The Hall–Kier alpha value is -1.80. The summed E-state index contributed by atoms with van der Waals surface area (Å²) in [5, 5.41) is 0. The summed E-state index contributed by atoms with van der Waals surface area (Å²) < 4.78 is 6.21. The lowest BCUT2D eigenvalue weighted by Gasteiger charge is -2.36. The third-order valence-electron chi connectivity index (χ3n) is 4.67. The molecule has 2 aliphatic heterocycles. The third-order valence-corrected chi connectivity index (χ3v) is 4.67. The summed E-state index contributed by atoms with van der Waals surface area (Å²) in [5.74, 6) is 3.18. The summed E-state index contributed by atoms with van der Waals surface area (Å²) in [4.78, 5) is 2.44. The van der Waals surface area contributed by atoms with Gasteiger partial charge in [-0.2, -0.15) is 0 Å². The number of para-hydroxylation sites is 2.